The first-order valence-corrected chi connectivity index (χ1v) is 6.93. The predicted octanol–water partition coefficient (Wildman–Crippen LogP) is 3.86. The summed E-state index contributed by atoms with van der Waals surface area (Å²) in [5.41, 5.74) is 1.46. The molecule has 1 heterocycles. The van der Waals surface area contributed by atoms with Gasteiger partial charge in [0.1, 0.15) is 5.69 Å². The van der Waals surface area contributed by atoms with Crippen LogP contribution >= 0.6 is 11.6 Å². The number of amides is 1. The van der Waals surface area contributed by atoms with Crippen molar-refractivity contribution in [3.8, 4) is 0 Å². The second kappa shape index (κ2) is 6.53. The number of carbonyl (C=O) groups excluding carboxylic acids is 1. The molecule has 3 nitrogen and oxygen atoms in total. The van der Waals surface area contributed by atoms with E-state index in [4.69, 9.17) is 11.6 Å². The first kappa shape index (κ1) is 14.5. The molecule has 20 heavy (non-hydrogen) atoms. The second-order valence-electron chi connectivity index (χ2n) is 4.96. The minimum Gasteiger partial charge on any atom is -0.344 e. The molecule has 0 saturated heterocycles. The Bertz CT molecular complexity index is 567. The summed E-state index contributed by atoms with van der Waals surface area (Å²) >= 11 is 5.90. The molecular weight excluding hydrogens is 272 g/mol. The number of hydrogen-bond acceptors (Lipinski definition) is 2. The van der Waals surface area contributed by atoms with Crippen LogP contribution in [0.15, 0.2) is 48.7 Å². The fraction of sp³-hybridized carbons (Fsp3) is 0.250. The highest BCUT2D eigenvalue weighted by atomic mass is 35.5. The van der Waals surface area contributed by atoms with Crippen molar-refractivity contribution in [2.75, 3.05) is 0 Å². The number of aromatic nitrogens is 1. The van der Waals surface area contributed by atoms with E-state index in [0.717, 1.165) is 5.56 Å². The van der Waals surface area contributed by atoms with E-state index >= 15 is 0 Å². The Morgan fingerprint density at radius 3 is 2.40 bits per heavy atom. The van der Waals surface area contributed by atoms with Gasteiger partial charge in [-0.1, -0.05) is 43.6 Å². The van der Waals surface area contributed by atoms with Crippen molar-refractivity contribution in [2.24, 2.45) is 5.92 Å². The van der Waals surface area contributed by atoms with Crippen molar-refractivity contribution >= 4 is 17.5 Å². The molecule has 0 spiro atoms. The van der Waals surface area contributed by atoms with Crippen LogP contribution in [0.25, 0.3) is 0 Å². The van der Waals surface area contributed by atoms with Crippen molar-refractivity contribution in [3.05, 3.63) is 64.9 Å². The van der Waals surface area contributed by atoms with Crippen molar-refractivity contribution in [1.82, 2.24) is 10.3 Å². The number of benzene rings is 1. The van der Waals surface area contributed by atoms with Gasteiger partial charge < -0.3 is 5.32 Å². The highest BCUT2D eigenvalue weighted by molar-refractivity contribution is 6.30. The van der Waals surface area contributed by atoms with Crippen LogP contribution in [0.3, 0.4) is 0 Å². The quantitative estimate of drug-likeness (QED) is 0.928. The first-order chi connectivity index (χ1) is 9.58. The summed E-state index contributed by atoms with van der Waals surface area (Å²) in [5.74, 6) is 0.100. The van der Waals surface area contributed by atoms with Gasteiger partial charge in [0.15, 0.2) is 0 Å². The fourth-order valence-corrected chi connectivity index (χ4v) is 2.14. The molecule has 1 aromatic carbocycles. The van der Waals surface area contributed by atoms with Gasteiger partial charge in [-0.25, -0.2) is 0 Å². The first-order valence-electron chi connectivity index (χ1n) is 6.55. The smallest absolute Gasteiger partial charge is 0.270 e. The lowest BCUT2D eigenvalue weighted by Crippen LogP contribution is -2.32. The van der Waals surface area contributed by atoms with Crippen LogP contribution in [0.2, 0.25) is 5.02 Å². The average Bonchev–Trinajstić information content (AvgIpc) is 2.46. The van der Waals surface area contributed by atoms with Crippen molar-refractivity contribution < 1.29 is 4.79 Å². The van der Waals surface area contributed by atoms with Crippen LogP contribution in [0.5, 0.6) is 0 Å². The molecule has 0 aliphatic heterocycles. The molecular formula is C16H17ClN2O. The maximum atomic E-state index is 12.2. The normalized spacial score (nSPS) is 12.2. The van der Waals surface area contributed by atoms with Gasteiger partial charge in [-0.15, -0.1) is 0 Å². The molecule has 1 amide bonds. The van der Waals surface area contributed by atoms with E-state index in [1.54, 1.807) is 24.4 Å². The van der Waals surface area contributed by atoms with E-state index in [1.807, 2.05) is 24.3 Å². The zero-order chi connectivity index (χ0) is 14.5. The zero-order valence-electron chi connectivity index (χ0n) is 11.5. The van der Waals surface area contributed by atoms with Crippen LogP contribution in [-0.4, -0.2) is 10.9 Å². The summed E-state index contributed by atoms with van der Waals surface area (Å²) in [5, 5.41) is 3.71. The molecule has 1 aromatic heterocycles. The summed E-state index contributed by atoms with van der Waals surface area (Å²) in [6.07, 6.45) is 1.61. The molecule has 4 heteroatoms. The maximum Gasteiger partial charge on any atom is 0.270 e. The van der Waals surface area contributed by atoms with Gasteiger partial charge in [-0.3, -0.25) is 9.78 Å². The Labute approximate surface area is 124 Å². The Hall–Kier alpha value is -1.87. The van der Waals surface area contributed by atoms with Gasteiger partial charge in [0.05, 0.1) is 6.04 Å². The highest BCUT2D eigenvalue weighted by Crippen LogP contribution is 2.23. The summed E-state index contributed by atoms with van der Waals surface area (Å²) in [7, 11) is 0. The average molecular weight is 289 g/mol. The molecule has 0 aliphatic carbocycles. The predicted molar refractivity (Wildman–Crippen MR) is 80.7 cm³/mol. The fourth-order valence-electron chi connectivity index (χ4n) is 2.02. The molecule has 0 aliphatic rings. The zero-order valence-corrected chi connectivity index (χ0v) is 12.3. The monoisotopic (exact) mass is 288 g/mol. The third-order valence-corrected chi connectivity index (χ3v) is 3.33. The Kier molecular flexibility index (Phi) is 4.74. The Morgan fingerprint density at radius 1 is 1.15 bits per heavy atom. The molecule has 2 aromatic rings. The molecule has 1 N–H and O–H groups in total. The van der Waals surface area contributed by atoms with E-state index in [9.17, 15) is 4.79 Å². The third kappa shape index (κ3) is 3.58. The maximum absolute atomic E-state index is 12.2. The largest absolute Gasteiger partial charge is 0.344 e. The SMILES string of the molecule is CC(C)C(NC(=O)c1ccccn1)c1ccc(Cl)cc1. The molecule has 0 saturated carbocycles. The summed E-state index contributed by atoms with van der Waals surface area (Å²) in [4.78, 5) is 16.3. The number of carbonyl (C=O) groups is 1. The molecule has 0 radical (unpaired) electrons. The van der Waals surface area contributed by atoms with Gasteiger partial charge in [0.25, 0.3) is 5.91 Å². The van der Waals surface area contributed by atoms with Crippen molar-refractivity contribution in [1.29, 1.82) is 0 Å². The van der Waals surface area contributed by atoms with Crippen LogP contribution in [0, 0.1) is 5.92 Å². The van der Waals surface area contributed by atoms with E-state index in [0.29, 0.717) is 10.7 Å². The molecule has 0 fully saturated rings. The molecule has 104 valence electrons. The van der Waals surface area contributed by atoms with Crippen molar-refractivity contribution in [3.63, 3.8) is 0 Å². The summed E-state index contributed by atoms with van der Waals surface area (Å²) in [6.45, 7) is 4.13. The topological polar surface area (TPSA) is 42.0 Å². The van der Waals surface area contributed by atoms with E-state index in [-0.39, 0.29) is 17.9 Å². The molecule has 2 rings (SSSR count). The third-order valence-electron chi connectivity index (χ3n) is 3.08. The van der Waals surface area contributed by atoms with E-state index < -0.39 is 0 Å². The lowest BCUT2D eigenvalue weighted by Gasteiger charge is -2.22. The molecule has 1 atom stereocenters. The molecule has 1 unspecified atom stereocenters. The number of nitrogens with zero attached hydrogens (tertiary/aromatic N) is 1. The number of nitrogens with one attached hydrogen (secondary N) is 1. The van der Waals surface area contributed by atoms with Gasteiger partial charge in [-0.2, -0.15) is 0 Å². The minimum absolute atomic E-state index is 0.0678. The lowest BCUT2D eigenvalue weighted by atomic mass is 9.96. The lowest BCUT2D eigenvalue weighted by molar-refractivity contribution is 0.0920. The Balaban J connectivity index is 2.18. The summed E-state index contributed by atoms with van der Waals surface area (Å²) in [6, 6.07) is 12.8. The van der Waals surface area contributed by atoms with Gasteiger partial charge >= 0.3 is 0 Å². The second-order valence-corrected chi connectivity index (χ2v) is 5.40. The number of halogens is 1. The number of pyridine rings is 1. The minimum atomic E-state index is -0.167. The van der Waals surface area contributed by atoms with Crippen LogP contribution in [0.4, 0.5) is 0 Å². The highest BCUT2D eigenvalue weighted by Gasteiger charge is 2.19. The van der Waals surface area contributed by atoms with Crippen LogP contribution in [0.1, 0.15) is 35.9 Å². The van der Waals surface area contributed by atoms with E-state index in [1.165, 1.54) is 0 Å². The van der Waals surface area contributed by atoms with Crippen molar-refractivity contribution in [2.45, 2.75) is 19.9 Å². The van der Waals surface area contributed by atoms with Crippen LogP contribution in [-0.2, 0) is 0 Å². The number of hydrogen-bond donors (Lipinski definition) is 1. The Morgan fingerprint density at radius 2 is 1.85 bits per heavy atom. The van der Waals surface area contributed by atoms with Gasteiger partial charge in [-0.05, 0) is 35.7 Å². The van der Waals surface area contributed by atoms with E-state index in [2.05, 4.69) is 24.1 Å². The van der Waals surface area contributed by atoms with Crippen LogP contribution < -0.4 is 5.32 Å². The standard InChI is InChI=1S/C16H17ClN2O/c1-11(2)15(12-6-8-13(17)9-7-12)19-16(20)14-5-3-4-10-18-14/h3-11,15H,1-2H3,(H,19,20). The van der Waals surface area contributed by atoms with Gasteiger partial charge in [0, 0.05) is 11.2 Å². The summed E-state index contributed by atoms with van der Waals surface area (Å²) < 4.78 is 0. The van der Waals surface area contributed by atoms with Gasteiger partial charge in [0.2, 0.25) is 0 Å². The molecule has 0 bridgehead atoms. The number of rotatable bonds is 4.